The summed E-state index contributed by atoms with van der Waals surface area (Å²) in [5.41, 5.74) is 1.22. The highest BCUT2D eigenvalue weighted by Gasteiger charge is 2.30. The van der Waals surface area contributed by atoms with E-state index in [-0.39, 0.29) is 12.5 Å². The maximum atomic E-state index is 12.2. The van der Waals surface area contributed by atoms with Crippen LogP contribution in [0, 0.1) is 0 Å². The van der Waals surface area contributed by atoms with Crippen LogP contribution in [0.25, 0.3) is 5.69 Å². The Bertz CT molecular complexity index is 765. The van der Waals surface area contributed by atoms with Gasteiger partial charge in [-0.1, -0.05) is 6.07 Å². The Kier molecular flexibility index (Phi) is 4.37. The second kappa shape index (κ2) is 5.92. The highest BCUT2D eigenvalue weighted by atomic mass is 32.2. The summed E-state index contributed by atoms with van der Waals surface area (Å²) in [6, 6.07) is 8.77. The zero-order valence-corrected chi connectivity index (χ0v) is 13.6. The van der Waals surface area contributed by atoms with Gasteiger partial charge in [0.05, 0.1) is 10.4 Å². The number of hydrogen-bond acceptors (Lipinski definition) is 4. The average molecular weight is 321 g/mol. The zero-order chi connectivity index (χ0) is 16.4. The fourth-order valence-corrected chi connectivity index (χ4v) is 2.07. The van der Waals surface area contributed by atoms with Gasteiger partial charge >= 0.3 is 0 Å². The molecule has 7 heteroatoms. The van der Waals surface area contributed by atoms with Crippen LogP contribution in [0.3, 0.4) is 0 Å². The smallest absolute Gasteiger partial charge is 0.251 e. The van der Waals surface area contributed by atoms with Gasteiger partial charge in [0.15, 0.2) is 9.84 Å². The highest BCUT2D eigenvalue weighted by molar-refractivity contribution is 7.92. The number of carbonyl (C=O) groups is 1. The van der Waals surface area contributed by atoms with Crippen LogP contribution >= 0.6 is 0 Å². The van der Waals surface area contributed by atoms with Crippen LogP contribution in [-0.4, -0.2) is 41.7 Å². The van der Waals surface area contributed by atoms with Gasteiger partial charge in [0, 0.05) is 30.8 Å². The topological polar surface area (TPSA) is 81.1 Å². The van der Waals surface area contributed by atoms with Crippen molar-refractivity contribution >= 4 is 15.7 Å². The molecule has 0 aliphatic rings. The molecule has 1 aromatic heterocycles. The second-order valence-electron chi connectivity index (χ2n) is 5.72. The van der Waals surface area contributed by atoms with E-state index in [1.165, 1.54) is 0 Å². The molecule has 1 heterocycles. The third kappa shape index (κ3) is 3.54. The Morgan fingerprint density at radius 1 is 1.32 bits per heavy atom. The van der Waals surface area contributed by atoms with Gasteiger partial charge in [-0.05, 0) is 38.1 Å². The van der Waals surface area contributed by atoms with Gasteiger partial charge in [0.1, 0.15) is 0 Å². The Morgan fingerprint density at radius 3 is 2.64 bits per heavy atom. The molecule has 0 bridgehead atoms. The number of aromatic nitrogens is 2. The molecule has 1 N–H and O–H groups in total. The van der Waals surface area contributed by atoms with Crippen LogP contribution in [0.4, 0.5) is 0 Å². The van der Waals surface area contributed by atoms with Crippen molar-refractivity contribution in [1.82, 2.24) is 15.1 Å². The van der Waals surface area contributed by atoms with Crippen molar-refractivity contribution < 1.29 is 13.2 Å². The van der Waals surface area contributed by atoms with E-state index in [9.17, 15) is 13.2 Å². The molecule has 0 saturated heterocycles. The number of amides is 1. The van der Waals surface area contributed by atoms with E-state index in [0.29, 0.717) is 5.56 Å². The minimum atomic E-state index is -3.25. The van der Waals surface area contributed by atoms with Crippen LogP contribution in [0.1, 0.15) is 24.2 Å². The fraction of sp³-hybridized carbons (Fsp3) is 0.333. The minimum absolute atomic E-state index is 0.0522. The lowest BCUT2D eigenvalue weighted by Crippen LogP contribution is -2.43. The summed E-state index contributed by atoms with van der Waals surface area (Å²) >= 11 is 0. The van der Waals surface area contributed by atoms with Crippen LogP contribution < -0.4 is 5.32 Å². The summed E-state index contributed by atoms with van der Waals surface area (Å²) in [6.45, 7) is 3.22. The predicted octanol–water partition coefficient (Wildman–Crippen LogP) is 1.43. The first kappa shape index (κ1) is 16.2. The number of nitrogens with one attached hydrogen (secondary N) is 1. The van der Waals surface area contributed by atoms with Crippen molar-refractivity contribution in [2.45, 2.75) is 18.6 Å². The molecule has 1 amide bonds. The lowest BCUT2D eigenvalue weighted by atomic mass is 10.1. The fourth-order valence-electron chi connectivity index (χ4n) is 1.74. The molecule has 0 atom stereocenters. The Morgan fingerprint density at radius 2 is 2.05 bits per heavy atom. The molecule has 0 unspecified atom stereocenters. The van der Waals surface area contributed by atoms with Gasteiger partial charge in [0.25, 0.3) is 5.91 Å². The molecule has 118 valence electrons. The molecule has 0 spiro atoms. The Hall–Kier alpha value is -2.15. The standard InChI is InChI=1S/C15H19N3O3S/c1-15(2,22(3,20)21)11-16-14(19)12-6-4-7-13(10-12)18-9-5-8-17-18/h4-10H,11H2,1-3H3,(H,16,19). The molecule has 2 rings (SSSR count). The molecular weight excluding hydrogens is 302 g/mol. The van der Waals surface area contributed by atoms with Crippen LogP contribution in [0.5, 0.6) is 0 Å². The number of hydrogen-bond donors (Lipinski definition) is 1. The maximum Gasteiger partial charge on any atom is 0.251 e. The molecule has 0 radical (unpaired) electrons. The van der Waals surface area contributed by atoms with Crippen LogP contribution in [0.2, 0.25) is 0 Å². The van der Waals surface area contributed by atoms with E-state index < -0.39 is 14.6 Å². The number of rotatable bonds is 5. The molecule has 6 nitrogen and oxygen atoms in total. The highest BCUT2D eigenvalue weighted by Crippen LogP contribution is 2.14. The van der Waals surface area contributed by atoms with Crippen molar-refractivity contribution in [3.05, 3.63) is 48.3 Å². The lowest BCUT2D eigenvalue weighted by Gasteiger charge is -2.22. The predicted molar refractivity (Wildman–Crippen MR) is 84.8 cm³/mol. The summed E-state index contributed by atoms with van der Waals surface area (Å²) in [7, 11) is -3.25. The van der Waals surface area contributed by atoms with Crippen LogP contribution in [-0.2, 0) is 9.84 Å². The van der Waals surface area contributed by atoms with Gasteiger partial charge in [-0.3, -0.25) is 4.79 Å². The average Bonchev–Trinajstić information content (AvgIpc) is 2.98. The van der Waals surface area contributed by atoms with Gasteiger partial charge in [-0.15, -0.1) is 0 Å². The molecule has 22 heavy (non-hydrogen) atoms. The van der Waals surface area contributed by atoms with E-state index >= 15 is 0 Å². The first-order valence-corrected chi connectivity index (χ1v) is 8.68. The normalized spacial score (nSPS) is 12.1. The van der Waals surface area contributed by atoms with E-state index in [2.05, 4.69) is 10.4 Å². The summed E-state index contributed by atoms with van der Waals surface area (Å²) in [5.74, 6) is -0.314. The quantitative estimate of drug-likeness (QED) is 0.903. The van der Waals surface area contributed by atoms with Gasteiger partial charge in [-0.25, -0.2) is 13.1 Å². The maximum absolute atomic E-state index is 12.2. The van der Waals surface area contributed by atoms with Crippen LogP contribution in [0.15, 0.2) is 42.7 Å². The first-order chi connectivity index (χ1) is 10.2. The van der Waals surface area contributed by atoms with E-state index in [1.807, 2.05) is 6.07 Å². The third-order valence-electron chi connectivity index (χ3n) is 3.56. The first-order valence-electron chi connectivity index (χ1n) is 6.78. The summed E-state index contributed by atoms with van der Waals surface area (Å²) in [6.07, 6.45) is 4.60. The summed E-state index contributed by atoms with van der Waals surface area (Å²) < 4.78 is 23.9. The van der Waals surface area contributed by atoms with Gasteiger partial charge < -0.3 is 5.32 Å². The van der Waals surface area contributed by atoms with Crippen molar-refractivity contribution in [1.29, 1.82) is 0 Å². The van der Waals surface area contributed by atoms with E-state index in [4.69, 9.17) is 0 Å². The summed E-state index contributed by atoms with van der Waals surface area (Å²) in [5, 5.41) is 6.78. The van der Waals surface area contributed by atoms with Crippen molar-refractivity contribution in [2.24, 2.45) is 0 Å². The molecule has 0 fully saturated rings. The Labute approximate surface area is 130 Å². The molecule has 2 aromatic rings. The number of nitrogens with zero attached hydrogens (tertiary/aromatic N) is 2. The molecule has 0 saturated carbocycles. The van der Waals surface area contributed by atoms with Gasteiger partial charge in [0.2, 0.25) is 0 Å². The van der Waals surface area contributed by atoms with Gasteiger partial charge in [-0.2, -0.15) is 5.10 Å². The minimum Gasteiger partial charge on any atom is -0.350 e. The monoisotopic (exact) mass is 321 g/mol. The van der Waals surface area contributed by atoms with E-state index in [1.54, 1.807) is 55.2 Å². The van der Waals surface area contributed by atoms with Crippen molar-refractivity contribution in [2.75, 3.05) is 12.8 Å². The largest absolute Gasteiger partial charge is 0.350 e. The molecule has 1 aromatic carbocycles. The molecule has 0 aliphatic carbocycles. The molecule has 0 aliphatic heterocycles. The zero-order valence-electron chi connectivity index (χ0n) is 12.8. The lowest BCUT2D eigenvalue weighted by molar-refractivity contribution is 0.0950. The third-order valence-corrected chi connectivity index (χ3v) is 5.71. The summed E-state index contributed by atoms with van der Waals surface area (Å²) in [4.78, 5) is 12.2. The number of carbonyl (C=O) groups excluding carboxylic acids is 1. The van der Waals surface area contributed by atoms with E-state index in [0.717, 1.165) is 11.9 Å². The SMILES string of the molecule is CC(C)(CNC(=O)c1cccc(-n2cccn2)c1)S(C)(=O)=O. The number of sulfone groups is 1. The van der Waals surface area contributed by atoms with Crippen molar-refractivity contribution in [3.8, 4) is 5.69 Å². The second-order valence-corrected chi connectivity index (χ2v) is 8.36. The Balaban J connectivity index is 2.13. The number of benzene rings is 1. The molecular formula is C15H19N3O3S. The van der Waals surface area contributed by atoms with Crippen molar-refractivity contribution in [3.63, 3.8) is 0 Å².